The first-order chi connectivity index (χ1) is 7.44. The molecule has 16 heavy (non-hydrogen) atoms. The minimum atomic E-state index is -3.67. The summed E-state index contributed by atoms with van der Waals surface area (Å²) in [4.78, 5) is 10.8. The standard InChI is InChI=1S/C9H18N2O4S/c1-2-3-4-8(9(12)13)11-16(14,15)10-7-5-6-7/h7-8,10-11H,2-6H2,1H3,(H,12,13). The molecule has 3 N–H and O–H groups in total. The molecule has 6 nitrogen and oxygen atoms in total. The zero-order chi connectivity index (χ0) is 12.2. The van der Waals surface area contributed by atoms with E-state index in [0.29, 0.717) is 12.8 Å². The normalized spacial score (nSPS) is 18.3. The lowest BCUT2D eigenvalue weighted by Crippen LogP contribution is -2.47. The van der Waals surface area contributed by atoms with Crippen LogP contribution in [0, 0.1) is 0 Å². The van der Waals surface area contributed by atoms with Gasteiger partial charge in [-0.05, 0) is 19.3 Å². The Morgan fingerprint density at radius 2 is 2.12 bits per heavy atom. The van der Waals surface area contributed by atoms with Crippen LogP contribution >= 0.6 is 0 Å². The number of carboxylic acids is 1. The largest absolute Gasteiger partial charge is 0.480 e. The van der Waals surface area contributed by atoms with Gasteiger partial charge in [-0.15, -0.1) is 0 Å². The molecule has 0 spiro atoms. The van der Waals surface area contributed by atoms with Gasteiger partial charge in [-0.2, -0.15) is 17.9 Å². The van der Waals surface area contributed by atoms with Crippen LogP contribution in [0.1, 0.15) is 39.0 Å². The smallest absolute Gasteiger partial charge is 0.321 e. The van der Waals surface area contributed by atoms with Crippen LogP contribution in [0.15, 0.2) is 0 Å². The van der Waals surface area contributed by atoms with Crippen molar-refractivity contribution in [2.45, 2.75) is 51.1 Å². The van der Waals surface area contributed by atoms with Gasteiger partial charge in [-0.3, -0.25) is 4.79 Å². The van der Waals surface area contributed by atoms with Crippen molar-refractivity contribution in [1.29, 1.82) is 0 Å². The summed E-state index contributed by atoms with van der Waals surface area (Å²) < 4.78 is 27.5. The van der Waals surface area contributed by atoms with Gasteiger partial charge < -0.3 is 5.11 Å². The maximum Gasteiger partial charge on any atom is 0.321 e. The van der Waals surface area contributed by atoms with Crippen LogP contribution < -0.4 is 9.44 Å². The van der Waals surface area contributed by atoms with E-state index in [4.69, 9.17) is 5.11 Å². The van der Waals surface area contributed by atoms with Gasteiger partial charge >= 0.3 is 5.97 Å². The lowest BCUT2D eigenvalue weighted by Gasteiger charge is -2.14. The number of nitrogens with one attached hydrogen (secondary N) is 2. The van der Waals surface area contributed by atoms with E-state index >= 15 is 0 Å². The number of hydrogen-bond acceptors (Lipinski definition) is 3. The fourth-order valence-electron chi connectivity index (χ4n) is 1.28. The highest BCUT2D eigenvalue weighted by Gasteiger charge is 2.30. The van der Waals surface area contributed by atoms with Crippen LogP contribution in [0.5, 0.6) is 0 Å². The van der Waals surface area contributed by atoms with Crippen molar-refractivity contribution < 1.29 is 18.3 Å². The summed E-state index contributed by atoms with van der Waals surface area (Å²) in [7, 11) is -3.67. The van der Waals surface area contributed by atoms with Gasteiger partial charge in [0.25, 0.3) is 10.2 Å². The first kappa shape index (κ1) is 13.4. The summed E-state index contributed by atoms with van der Waals surface area (Å²) in [5.74, 6) is -1.13. The summed E-state index contributed by atoms with van der Waals surface area (Å²) in [5, 5.41) is 8.86. The van der Waals surface area contributed by atoms with E-state index in [1.807, 2.05) is 6.92 Å². The molecule has 1 rings (SSSR count). The van der Waals surface area contributed by atoms with Gasteiger partial charge in [0.15, 0.2) is 0 Å². The number of hydrogen-bond donors (Lipinski definition) is 3. The van der Waals surface area contributed by atoms with Gasteiger partial charge in [-0.25, -0.2) is 0 Å². The van der Waals surface area contributed by atoms with Crippen LogP contribution in [0.2, 0.25) is 0 Å². The molecule has 0 radical (unpaired) electrons. The molecule has 1 aliphatic carbocycles. The molecule has 1 saturated carbocycles. The highest BCUT2D eigenvalue weighted by Crippen LogP contribution is 2.19. The fraction of sp³-hybridized carbons (Fsp3) is 0.889. The Morgan fingerprint density at radius 1 is 1.50 bits per heavy atom. The molecule has 0 aliphatic heterocycles. The Bertz CT molecular complexity index is 337. The van der Waals surface area contributed by atoms with Crippen LogP contribution in [0.3, 0.4) is 0 Å². The van der Waals surface area contributed by atoms with Crippen molar-refractivity contribution in [3.63, 3.8) is 0 Å². The molecule has 94 valence electrons. The summed E-state index contributed by atoms with van der Waals surface area (Å²) in [5.41, 5.74) is 0. The van der Waals surface area contributed by atoms with E-state index in [0.717, 1.165) is 19.3 Å². The molecule has 1 atom stereocenters. The highest BCUT2D eigenvalue weighted by atomic mass is 32.2. The molecule has 7 heteroatoms. The van der Waals surface area contributed by atoms with E-state index in [1.165, 1.54) is 0 Å². The van der Waals surface area contributed by atoms with Gasteiger partial charge in [-0.1, -0.05) is 19.8 Å². The lowest BCUT2D eigenvalue weighted by molar-refractivity contribution is -0.139. The molecule has 0 bridgehead atoms. The maximum absolute atomic E-state index is 11.5. The second-order valence-corrected chi connectivity index (χ2v) is 5.52. The fourth-order valence-corrected chi connectivity index (χ4v) is 2.62. The van der Waals surface area contributed by atoms with Crippen molar-refractivity contribution in [2.24, 2.45) is 0 Å². The SMILES string of the molecule is CCCCC(NS(=O)(=O)NC1CC1)C(=O)O. The second-order valence-electron chi connectivity index (χ2n) is 4.05. The van der Waals surface area contributed by atoms with E-state index in [2.05, 4.69) is 9.44 Å². The molecular weight excluding hydrogens is 232 g/mol. The van der Waals surface area contributed by atoms with Crippen molar-refractivity contribution >= 4 is 16.2 Å². The number of rotatable bonds is 8. The summed E-state index contributed by atoms with van der Waals surface area (Å²) >= 11 is 0. The third-order valence-corrected chi connectivity index (χ3v) is 3.58. The molecule has 0 saturated heterocycles. The van der Waals surface area contributed by atoms with Crippen molar-refractivity contribution in [1.82, 2.24) is 9.44 Å². The molecule has 1 fully saturated rings. The summed E-state index contributed by atoms with van der Waals surface area (Å²) in [6.07, 6.45) is 3.49. The summed E-state index contributed by atoms with van der Waals surface area (Å²) in [6.45, 7) is 1.93. The Kier molecular flexibility index (Phi) is 4.69. The molecular formula is C9H18N2O4S. The van der Waals surface area contributed by atoms with Gasteiger partial charge in [0.1, 0.15) is 6.04 Å². The van der Waals surface area contributed by atoms with Gasteiger partial charge in [0, 0.05) is 6.04 Å². The number of carbonyl (C=O) groups is 1. The van der Waals surface area contributed by atoms with E-state index in [1.54, 1.807) is 0 Å². The third kappa shape index (κ3) is 4.91. The zero-order valence-corrected chi connectivity index (χ0v) is 10.1. The predicted octanol–water partition coefficient (Wildman–Crippen LogP) is 0.216. The predicted molar refractivity (Wildman–Crippen MR) is 59.2 cm³/mol. The van der Waals surface area contributed by atoms with Crippen LogP contribution in [-0.2, 0) is 15.0 Å². The average Bonchev–Trinajstić information content (AvgIpc) is 2.94. The van der Waals surface area contributed by atoms with E-state index in [-0.39, 0.29) is 6.04 Å². The molecule has 0 aromatic carbocycles. The van der Waals surface area contributed by atoms with E-state index < -0.39 is 22.2 Å². The highest BCUT2D eigenvalue weighted by molar-refractivity contribution is 7.87. The third-order valence-electron chi connectivity index (χ3n) is 2.34. The molecule has 1 unspecified atom stereocenters. The van der Waals surface area contributed by atoms with Crippen molar-refractivity contribution in [3.05, 3.63) is 0 Å². The summed E-state index contributed by atoms with van der Waals surface area (Å²) in [6, 6.07) is -1.05. The zero-order valence-electron chi connectivity index (χ0n) is 9.27. The Morgan fingerprint density at radius 3 is 2.56 bits per heavy atom. The van der Waals surface area contributed by atoms with Crippen molar-refractivity contribution in [2.75, 3.05) is 0 Å². The topological polar surface area (TPSA) is 95.5 Å². The first-order valence-electron chi connectivity index (χ1n) is 5.47. The molecule has 0 amide bonds. The lowest BCUT2D eigenvalue weighted by atomic mass is 10.1. The van der Waals surface area contributed by atoms with Gasteiger partial charge in [0.2, 0.25) is 0 Å². The minimum Gasteiger partial charge on any atom is -0.480 e. The number of aliphatic carboxylic acids is 1. The number of carboxylic acid groups (broad SMARTS) is 1. The second kappa shape index (κ2) is 5.60. The minimum absolute atomic E-state index is 0.0156. The quantitative estimate of drug-likeness (QED) is 0.574. The van der Waals surface area contributed by atoms with Crippen LogP contribution in [-0.4, -0.2) is 31.6 Å². The monoisotopic (exact) mass is 250 g/mol. The average molecular weight is 250 g/mol. The van der Waals surface area contributed by atoms with Gasteiger partial charge in [0.05, 0.1) is 0 Å². The Labute approximate surface area is 95.6 Å². The van der Waals surface area contributed by atoms with E-state index in [9.17, 15) is 13.2 Å². The number of unbranched alkanes of at least 4 members (excludes halogenated alkanes) is 1. The molecule has 0 heterocycles. The molecule has 0 aromatic heterocycles. The van der Waals surface area contributed by atoms with Crippen molar-refractivity contribution in [3.8, 4) is 0 Å². The Balaban J connectivity index is 2.48. The molecule has 1 aliphatic rings. The van der Waals surface area contributed by atoms with Crippen LogP contribution in [0.25, 0.3) is 0 Å². The first-order valence-corrected chi connectivity index (χ1v) is 6.95. The maximum atomic E-state index is 11.5. The van der Waals surface area contributed by atoms with Crippen LogP contribution in [0.4, 0.5) is 0 Å². The molecule has 0 aromatic rings. The Hall–Kier alpha value is -0.660.